The second-order valence-electron chi connectivity index (χ2n) is 10.1. The fourth-order valence-corrected chi connectivity index (χ4v) is 3.76. The standard InChI is InChI=1S/C16H18N2O5.C14H22N2O5/c1-3-22-15(20)13-14(19)12(9-18(13)2)17-16(21)23-10-11-7-5-4-6-8-11;1-7-20-12(17)10-11(19-6)9(8-16(10)5)15-13(18)21-14(2,3)4/h4-9,19H,3,10H2,1-2H3,(H,17,21);8H,7H2,1-6H3,(H,15,18). The number of nitrogens with one attached hydrogen (secondary N) is 2. The first-order valence-electron chi connectivity index (χ1n) is 13.7. The van der Waals surface area contributed by atoms with Gasteiger partial charge in [0.1, 0.15) is 23.6 Å². The molecule has 0 aliphatic rings. The summed E-state index contributed by atoms with van der Waals surface area (Å²) in [6, 6.07) is 9.19. The van der Waals surface area contributed by atoms with E-state index in [9.17, 15) is 24.3 Å². The molecule has 3 N–H and O–H groups in total. The average Bonchev–Trinajstić information content (AvgIpc) is 3.40. The number of anilines is 2. The van der Waals surface area contributed by atoms with Gasteiger partial charge in [0.15, 0.2) is 22.9 Å². The van der Waals surface area contributed by atoms with Gasteiger partial charge < -0.3 is 37.9 Å². The zero-order valence-corrected chi connectivity index (χ0v) is 26.2. The second kappa shape index (κ2) is 15.9. The maximum absolute atomic E-state index is 11.9. The molecule has 3 rings (SSSR count). The Kier molecular flexibility index (Phi) is 12.7. The van der Waals surface area contributed by atoms with Crippen LogP contribution in [0.2, 0.25) is 0 Å². The fraction of sp³-hybridized carbons (Fsp3) is 0.400. The number of esters is 2. The number of ether oxygens (including phenoxy) is 5. The SMILES string of the molecule is CCOC(=O)c1c(O)c(NC(=O)OCc2ccccc2)cn1C.CCOC(=O)c1c(OC)c(NC(=O)OC(C)(C)C)cn1C. The molecule has 2 aromatic heterocycles. The van der Waals surface area contributed by atoms with E-state index in [0.29, 0.717) is 5.69 Å². The first kappa shape index (κ1) is 35.1. The summed E-state index contributed by atoms with van der Waals surface area (Å²) in [6.07, 6.45) is 1.62. The molecule has 0 aliphatic carbocycles. The van der Waals surface area contributed by atoms with Crippen LogP contribution in [-0.2, 0) is 39.6 Å². The molecule has 44 heavy (non-hydrogen) atoms. The number of hydrogen-bond acceptors (Lipinski definition) is 10. The van der Waals surface area contributed by atoms with Crippen molar-refractivity contribution in [1.82, 2.24) is 9.13 Å². The summed E-state index contributed by atoms with van der Waals surface area (Å²) < 4.78 is 28.2. The summed E-state index contributed by atoms with van der Waals surface area (Å²) in [7, 11) is 4.64. The monoisotopic (exact) mass is 616 g/mol. The van der Waals surface area contributed by atoms with Crippen LogP contribution in [0.1, 0.15) is 61.2 Å². The first-order chi connectivity index (χ1) is 20.7. The number of carbonyl (C=O) groups excluding carboxylic acids is 4. The van der Waals surface area contributed by atoms with Crippen LogP contribution in [0.5, 0.6) is 11.5 Å². The van der Waals surface area contributed by atoms with Crippen molar-refractivity contribution in [2.24, 2.45) is 14.1 Å². The van der Waals surface area contributed by atoms with Crippen LogP contribution < -0.4 is 15.4 Å². The summed E-state index contributed by atoms with van der Waals surface area (Å²) >= 11 is 0. The van der Waals surface area contributed by atoms with Gasteiger partial charge in [-0.3, -0.25) is 10.6 Å². The minimum absolute atomic E-state index is 0.0368. The molecule has 14 heteroatoms. The van der Waals surface area contributed by atoms with Crippen molar-refractivity contribution in [3.8, 4) is 11.5 Å². The van der Waals surface area contributed by atoms with Gasteiger partial charge in [0, 0.05) is 26.5 Å². The lowest BCUT2D eigenvalue weighted by atomic mass is 10.2. The lowest BCUT2D eigenvalue weighted by Crippen LogP contribution is -2.27. The highest BCUT2D eigenvalue weighted by Gasteiger charge is 2.25. The van der Waals surface area contributed by atoms with Crippen molar-refractivity contribution in [2.75, 3.05) is 31.0 Å². The molecule has 0 saturated carbocycles. The van der Waals surface area contributed by atoms with Crippen molar-refractivity contribution < 1.29 is 48.0 Å². The quantitative estimate of drug-likeness (QED) is 0.214. The van der Waals surface area contributed by atoms with Crippen molar-refractivity contribution in [2.45, 2.75) is 46.8 Å². The highest BCUT2D eigenvalue weighted by molar-refractivity contribution is 5.97. The normalized spacial score (nSPS) is 10.5. The van der Waals surface area contributed by atoms with Gasteiger partial charge in [-0.1, -0.05) is 30.3 Å². The molecule has 0 atom stereocenters. The fourth-order valence-electron chi connectivity index (χ4n) is 3.76. The van der Waals surface area contributed by atoms with Crippen LogP contribution in [0.15, 0.2) is 42.7 Å². The Morgan fingerprint density at radius 3 is 1.86 bits per heavy atom. The largest absolute Gasteiger partial charge is 0.504 e. The molecule has 240 valence electrons. The van der Waals surface area contributed by atoms with E-state index in [2.05, 4.69) is 10.6 Å². The van der Waals surface area contributed by atoms with Crippen LogP contribution in [0.3, 0.4) is 0 Å². The van der Waals surface area contributed by atoms with Gasteiger partial charge in [-0.2, -0.15) is 0 Å². The first-order valence-corrected chi connectivity index (χ1v) is 13.7. The third kappa shape index (κ3) is 10.00. The molecular weight excluding hydrogens is 576 g/mol. The number of methoxy groups -OCH3 is 1. The van der Waals surface area contributed by atoms with E-state index >= 15 is 0 Å². The Balaban J connectivity index is 0.000000308. The van der Waals surface area contributed by atoms with Crippen LogP contribution in [-0.4, -0.2) is 64.3 Å². The molecule has 1 aromatic carbocycles. The number of hydrogen-bond donors (Lipinski definition) is 3. The molecule has 0 fully saturated rings. The van der Waals surface area contributed by atoms with E-state index < -0.39 is 29.7 Å². The minimum Gasteiger partial charge on any atom is -0.504 e. The molecule has 14 nitrogen and oxygen atoms in total. The molecule has 0 spiro atoms. The van der Waals surface area contributed by atoms with E-state index in [-0.39, 0.29) is 48.4 Å². The van der Waals surface area contributed by atoms with Crippen LogP contribution in [0, 0.1) is 0 Å². The van der Waals surface area contributed by atoms with Gasteiger partial charge in [-0.25, -0.2) is 19.2 Å². The predicted octanol–water partition coefficient (Wildman–Crippen LogP) is 5.21. The number of aryl methyl sites for hydroxylation is 2. The molecule has 0 aliphatic heterocycles. The number of aromatic hydroxyl groups is 1. The van der Waals surface area contributed by atoms with Crippen molar-refractivity contribution >= 4 is 35.5 Å². The molecule has 0 unspecified atom stereocenters. The minimum atomic E-state index is -0.731. The Labute approximate surface area is 255 Å². The molecule has 2 heterocycles. The van der Waals surface area contributed by atoms with Gasteiger partial charge >= 0.3 is 24.1 Å². The van der Waals surface area contributed by atoms with E-state index in [1.807, 2.05) is 30.3 Å². The van der Waals surface area contributed by atoms with Crippen LogP contribution >= 0.6 is 0 Å². The highest BCUT2D eigenvalue weighted by atomic mass is 16.6. The number of aromatic nitrogens is 2. The zero-order valence-electron chi connectivity index (χ0n) is 26.2. The Morgan fingerprint density at radius 2 is 1.32 bits per heavy atom. The third-order valence-corrected chi connectivity index (χ3v) is 5.52. The van der Waals surface area contributed by atoms with Gasteiger partial charge in [0.05, 0.1) is 20.3 Å². The molecule has 0 radical (unpaired) electrons. The third-order valence-electron chi connectivity index (χ3n) is 5.52. The number of benzene rings is 1. The summed E-state index contributed by atoms with van der Waals surface area (Å²) in [4.78, 5) is 47.2. The summed E-state index contributed by atoms with van der Waals surface area (Å²) in [5.41, 5.74) is 0.837. The predicted molar refractivity (Wildman–Crippen MR) is 161 cm³/mol. The van der Waals surface area contributed by atoms with Gasteiger partial charge in [0.2, 0.25) is 0 Å². The molecule has 2 amide bonds. The second-order valence-corrected chi connectivity index (χ2v) is 10.1. The summed E-state index contributed by atoms with van der Waals surface area (Å²) in [5, 5.41) is 15.0. The van der Waals surface area contributed by atoms with Crippen molar-refractivity contribution in [1.29, 1.82) is 0 Å². The topological polar surface area (TPSA) is 169 Å². The van der Waals surface area contributed by atoms with Gasteiger partial charge in [-0.05, 0) is 40.2 Å². The van der Waals surface area contributed by atoms with Crippen LogP contribution in [0.4, 0.5) is 21.0 Å². The highest BCUT2D eigenvalue weighted by Crippen LogP contribution is 2.32. The maximum Gasteiger partial charge on any atom is 0.412 e. The van der Waals surface area contributed by atoms with Crippen LogP contribution in [0.25, 0.3) is 0 Å². The summed E-state index contributed by atoms with van der Waals surface area (Å²) in [5.74, 6) is -1.31. The Hall–Kier alpha value is -5.14. The van der Waals surface area contributed by atoms with Gasteiger partial charge in [-0.15, -0.1) is 0 Å². The molecule has 3 aromatic rings. The van der Waals surface area contributed by atoms with Crippen molar-refractivity contribution in [3.05, 3.63) is 59.7 Å². The Bertz CT molecular complexity index is 1440. The number of rotatable bonds is 9. The van der Waals surface area contributed by atoms with E-state index in [1.165, 1.54) is 22.4 Å². The lowest BCUT2D eigenvalue weighted by Gasteiger charge is -2.19. The number of amides is 2. The van der Waals surface area contributed by atoms with E-state index in [0.717, 1.165) is 5.56 Å². The molecule has 0 saturated heterocycles. The smallest absolute Gasteiger partial charge is 0.412 e. The van der Waals surface area contributed by atoms with Crippen molar-refractivity contribution in [3.63, 3.8) is 0 Å². The average molecular weight is 617 g/mol. The zero-order chi connectivity index (χ0) is 33.0. The van der Waals surface area contributed by atoms with Gasteiger partial charge in [0.25, 0.3) is 0 Å². The number of nitrogens with zero attached hydrogens (tertiary/aromatic N) is 2. The number of carbonyl (C=O) groups is 4. The Morgan fingerprint density at radius 1 is 0.795 bits per heavy atom. The molecule has 0 bridgehead atoms. The molecular formula is C30H40N4O10. The maximum atomic E-state index is 11.9. The van der Waals surface area contributed by atoms with E-state index in [1.54, 1.807) is 54.9 Å². The lowest BCUT2D eigenvalue weighted by molar-refractivity contribution is 0.0501. The van der Waals surface area contributed by atoms with E-state index in [4.69, 9.17) is 23.7 Å². The summed E-state index contributed by atoms with van der Waals surface area (Å²) in [6.45, 7) is 9.21.